The van der Waals surface area contributed by atoms with E-state index in [-0.39, 0.29) is 0 Å². The van der Waals surface area contributed by atoms with Crippen molar-refractivity contribution in [3.63, 3.8) is 0 Å². The van der Waals surface area contributed by atoms with Crippen LogP contribution in [0.1, 0.15) is 45.4 Å². The summed E-state index contributed by atoms with van der Waals surface area (Å²) in [6, 6.07) is 0. The molecule has 0 radical (unpaired) electrons. The minimum atomic E-state index is 0.514. The lowest BCUT2D eigenvalue weighted by Crippen LogP contribution is -2.54. The normalized spacial score (nSPS) is 29.2. The molecular formula is C18H34N4S. The Hall–Kier alpha value is -0.420. The molecule has 3 rings (SSSR count). The summed E-state index contributed by atoms with van der Waals surface area (Å²) in [5.41, 5.74) is 0. The van der Waals surface area contributed by atoms with Crippen molar-refractivity contribution in [2.75, 3.05) is 52.1 Å². The molecule has 2 aliphatic heterocycles. The summed E-state index contributed by atoms with van der Waals surface area (Å²) in [7, 11) is 1.95. The molecule has 2 saturated heterocycles. The Morgan fingerprint density at radius 1 is 1.26 bits per heavy atom. The molecule has 3 aliphatic rings. The third-order valence-corrected chi connectivity index (χ3v) is 7.43. The van der Waals surface area contributed by atoms with Crippen LogP contribution in [-0.2, 0) is 0 Å². The molecule has 132 valence electrons. The van der Waals surface area contributed by atoms with Gasteiger partial charge in [-0.1, -0.05) is 26.2 Å². The van der Waals surface area contributed by atoms with E-state index in [2.05, 4.69) is 38.8 Å². The highest BCUT2D eigenvalue weighted by atomic mass is 32.2. The number of nitrogens with one attached hydrogen (secondary N) is 1. The fourth-order valence-corrected chi connectivity index (χ4v) is 6.03. The molecule has 1 unspecified atom stereocenters. The first-order valence-corrected chi connectivity index (χ1v) is 10.6. The Labute approximate surface area is 146 Å². The maximum Gasteiger partial charge on any atom is 0.193 e. The number of guanidine groups is 1. The highest BCUT2D eigenvalue weighted by molar-refractivity contribution is 8.00. The molecular weight excluding hydrogens is 304 g/mol. The summed E-state index contributed by atoms with van der Waals surface area (Å²) in [6.45, 7) is 9.41. The van der Waals surface area contributed by atoms with Gasteiger partial charge in [-0.05, 0) is 38.3 Å². The number of aliphatic imine (C=N–C) groups is 1. The lowest BCUT2D eigenvalue weighted by atomic mass is 9.87. The van der Waals surface area contributed by atoms with Gasteiger partial charge in [0.05, 0.1) is 0 Å². The molecule has 1 aliphatic carbocycles. The molecule has 0 aromatic rings. The fourth-order valence-electron chi connectivity index (χ4n) is 4.46. The van der Waals surface area contributed by atoms with Crippen molar-refractivity contribution in [3.05, 3.63) is 0 Å². The quantitative estimate of drug-likeness (QED) is 0.633. The summed E-state index contributed by atoms with van der Waals surface area (Å²) >= 11 is 2.23. The van der Waals surface area contributed by atoms with E-state index < -0.39 is 0 Å². The number of thioether (sulfide) groups is 1. The van der Waals surface area contributed by atoms with Gasteiger partial charge in [-0.25, -0.2) is 0 Å². The molecule has 1 spiro atoms. The Kier molecular flexibility index (Phi) is 6.13. The number of nitrogens with zero attached hydrogens (tertiary/aromatic N) is 3. The Balaban J connectivity index is 1.51. The summed E-state index contributed by atoms with van der Waals surface area (Å²) < 4.78 is 0.514. The van der Waals surface area contributed by atoms with E-state index in [1.165, 1.54) is 70.5 Å². The average molecular weight is 339 g/mol. The van der Waals surface area contributed by atoms with E-state index in [0.29, 0.717) is 4.75 Å². The minimum Gasteiger partial charge on any atom is -0.356 e. The highest BCUT2D eigenvalue weighted by Gasteiger charge is 2.38. The van der Waals surface area contributed by atoms with Crippen LogP contribution >= 0.6 is 11.8 Å². The van der Waals surface area contributed by atoms with Crippen LogP contribution in [-0.4, -0.2) is 72.6 Å². The zero-order valence-corrected chi connectivity index (χ0v) is 15.8. The molecule has 3 fully saturated rings. The van der Waals surface area contributed by atoms with Crippen molar-refractivity contribution < 1.29 is 0 Å². The lowest BCUT2D eigenvalue weighted by molar-refractivity contribution is 0.291. The van der Waals surface area contributed by atoms with Crippen LogP contribution in [0.4, 0.5) is 0 Å². The van der Waals surface area contributed by atoms with E-state index >= 15 is 0 Å². The zero-order chi connectivity index (χ0) is 16.1. The molecule has 0 aromatic carbocycles. The first-order chi connectivity index (χ1) is 11.2. The average Bonchev–Trinajstić information content (AvgIpc) is 3.04. The second-order valence-electron chi connectivity index (χ2n) is 7.49. The van der Waals surface area contributed by atoms with Crippen LogP contribution in [0, 0.1) is 5.92 Å². The molecule has 23 heavy (non-hydrogen) atoms. The maximum absolute atomic E-state index is 4.60. The van der Waals surface area contributed by atoms with E-state index in [1.54, 1.807) is 0 Å². The highest BCUT2D eigenvalue weighted by Crippen LogP contribution is 2.42. The van der Waals surface area contributed by atoms with Gasteiger partial charge in [0.25, 0.3) is 0 Å². The monoisotopic (exact) mass is 338 g/mol. The number of likely N-dealkylation sites (tertiary alicyclic amines) is 1. The molecule has 1 N–H and O–H groups in total. The van der Waals surface area contributed by atoms with Crippen LogP contribution in [0.2, 0.25) is 0 Å². The number of hydrogen-bond acceptors (Lipinski definition) is 3. The zero-order valence-electron chi connectivity index (χ0n) is 15.0. The van der Waals surface area contributed by atoms with Crippen LogP contribution < -0.4 is 5.32 Å². The molecule has 1 atom stereocenters. The molecule has 4 nitrogen and oxygen atoms in total. The number of rotatable bonds is 3. The van der Waals surface area contributed by atoms with Gasteiger partial charge in [0.15, 0.2) is 5.96 Å². The van der Waals surface area contributed by atoms with Crippen molar-refractivity contribution in [1.82, 2.24) is 15.1 Å². The predicted octanol–water partition coefficient (Wildman–Crippen LogP) is 2.66. The standard InChI is InChI=1S/C18H34N4S/c1-3-21-10-7-16(14-21)13-20-17(19-2)22-11-12-23-18(15-22)8-5-4-6-9-18/h16H,3-15H2,1-2H3,(H,19,20). The first-order valence-electron chi connectivity index (χ1n) is 9.56. The lowest BCUT2D eigenvalue weighted by Gasteiger charge is -2.45. The van der Waals surface area contributed by atoms with Crippen LogP contribution in [0.15, 0.2) is 4.99 Å². The van der Waals surface area contributed by atoms with E-state index in [0.717, 1.165) is 25.0 Å². The largest absolute Gasteiger partial charge is 0.356 e. The Morgan fingerprint density at radius 2 is 2.09 bits per heavy atom. The van der Waals surface area contributed by atoms with Gasteiger partial charge in [0, 0.05) is 43.7 Å². The van der Waals surface area contributed by atoms with Gasteiger partial charge in [0.2, 0.25) is 0 Å². The maximum atomic E-state index is 4.60. The van der Waals surface area contributed by atoms with Gasteiger partial charge < -0.3 is 15.1 Å². The fraction of sp³-hybridized carbons (Fsp3) is 0.944. The summed E-state index contributed by atoms with van der Waals surface area (Å²) in [5.74, 6) is 3.19. The topological polar surface area (TPSA) is 30.9 Å². The second kappa shape index (κ2) is 8.11. The molecule has 0 aromatic heterocycles. The molecule has 1 saturated carbocycles. The Morgan fingerprint density at radius 3 is 2.78 bits per heavy atom. The van der Waals surface area contributed by atoms with Gasteiger partial charge in [-0.3, -0.25) is 4.99 Å². The third kappa shape index (κ3) is 4.36. The second-order valence-corrected chi connectivity index (χ2v) is 9.05. The van der Waals surface area contributed by atoms with Crippen LogP contribution in [0.25, 0.3) is 0 Å². The molecule has 0 amide bonds. The summed E-state index contributed by atoms with van der Waals surface area (Å²) in [4.78, 5) is 9.69. The molecule has 2 heterocycles. The first kappa shape index (κ1) is 17.4. The predicted molar refractivity (Wildman–Crippen MR) is 101 cm³/mol. The van der Waals surface area contributed by atoms with Gasteiger partial charge in [-0.15, -0.1) is 0 Å². The van der Waals surface area contributed by atoms with Crippen molar-refractivity contribution in [3.8, 4) is 0 Å². The van der Waals surface area contributed by atoms with E-state index in [4.69, 9.17) is 0 Å². The minimum absolute atomic E-state index is 0.514. The number of hydrogen-bond donors (Lipinski definition) is 1. The van der Waals surface area contributed by atoms with Gasteiger partial charge in [-0.2, -0.15) is 11.8 Å². The van der Waals surface area contributed by atoms with Crippen molar-refractivity contribution in [1.29, 1.82) is 0 Å². The SMILES string of the molecule is CCN1CCC(CNC(=NC)N2CCSC3(CCCCC3)C2)C1. The van der Waals surface area contributed by atoms with Crippen LogP contribution in [0.3, 0.4) is 0 Å². The molecule has 0 bridgehead atoms. The van der Waals surface area contributed by atoms with E-state index in [9.17, 15) is 0 Å². The molecule has 5 heteroatoms. The summed E-state index contributed by atoms with van der Waals surface area (Å²) in [6.07, 6.45) is 8.41. The van der Waals surface area contributed by atoms with Crippen molar-refractivity contribution >= 4 is 17.7 Å². The van der Waals surface area contributed by atoms with Gasteiger partial charge >= 0.3 is 0 Å². The van der Waals surface area contributed by atoms with Crippen molar-refractivity contribution in [2.24, 2.45) is 10.9 Å². The van der Waals surface area contributed by atoms with Crippen LogP contribution in [0.5, 0.6) is 0 Å². The third-order valence-electron chi connectivity index (χ3n) is 5.89. The smallest absolute Gasteiger partial charge is 0.193 e. The Bertz CT molecular complexity index is 400. The van der Waals surface area contributed by atoms with E-state index in [1.807, 2.05) is 7.05 Å². The van der Waals surface area contributed by atoms with Gasteiger partial charge in [0.1, 0.15) is 0 Å². The van der Waals surface area contributed by atoms with Crippen molar-refractivity contribution in [2.45, 2.75) is 50.2 Å². The summed E-state index contributed by atoms with van der Waals surface area (Å²) in [5, 5.41) is 3.69.